The van der Waals surface area contributed by atoms with Crippen LogP contribution in [0.1, 0.15) is 12.0 Å². The van der Waals surface area contributed by atoms with E-state index in [0.717, 1.165) is 17.7 Å². The molecular formula is C17H19FO2S. The summed E-state index contributed by atoms with van der Waals surface area (Å²) in [5.41, 5.74) is 1.16. The molecule has 0 saturated heterocycles. The second-order valence-electron chi connectivity index (χ2n) is 4.78. The quantitative estimate of drug-likeness (QED) is 0.786. The van der Waals surface area contributed by atoms with E-state index in [4.69, 9.17) is 4.74 Å². The van der Waals surface area contributed by atoms with Crippen LogP contribution in [0.5, 0.6) is 5.75 Å². The Balaban J connectivity index is 1.76. The van der Waals surface area contributed by atoms with Crippen molar-refractivity contribution >= 4 is 11.8 Å². The van der Waals surface area contributed by atoms with Crippen molar-refractivity contribution in [1.82, 2.24) is 0 Å². The SMILES string of the molecule is COc1ccc(CCC(O)CSc2ccccc2F)cc1. The van der Waals surface area contributed by atoms with Gasteiger partial charge in [-0.05, 0) is 42.7 Å². The number of benzene rings is 2. The van der Waals surface area contributed by atoms with E-state index >= 15 is 0 Å². The minimum Gasteiger partial charge on any atom is -0.497 e. The Hall–Kier alpha value is -1.52. The van der Waals surface area contributed by atoms with Crippen molar-refractivity contribution in [2.75, 3.05) is 12.9 Å². The fourth-order valence-corrected chi connectivity index (χ4v) is 2.88. The molecule has 1 atom stereocenters. The molecule has 2 nitrogen and oxygen atoms in total. The molecule has 0 fully saturated rings. The van der Waals surface area contributed by atoms with Gasteiger partial charge in [0, 0.05) is 10.6 Å². The van der Waals surface area contributed by atoms with Crippen molar-refractivity contribution in [2.45, 2.75) is 23.8 Å². The van der Waals surface area contributed by atoms with Gasteiger partial charge in [0.25, 0.3) is 0 Å². The number of rotatable bonds is 7. The molecule has 0 aliphatic carbocycles. The van der Waals surface area contributed by atoms with E-state index in [2.05, 4.69) is 0 Å². The van der Waals surface area contributed by atoms with Crippen LogP contribution in [0.2, 0.25) is 0 Å². The first-order valence-corrected chi connectivity index (χ1v) is 7.86. The summed E-state index contributed by atoms with van der Waals surface area (Å²) in [7, 11) is 1.64. The highest BCUT2D eigenvalue weighted by molar-refractivity contribution is 7.99. The Morgan fingerprint density at radius 1 is 1.14 bits per heavy atom. The fourth-order valence-electron chi connectivity index (χ4n) is 1.96. The number of aliphatic hydroxyl groups is 1. The lowest BCUT2D eigenvalue weighted by molar-refractivity contribution is 0.189. The Morgan fingerprint density at radius 2 is 1.86 bits per heavy atom. The molecule has 0 saturated carbocycles. The minimum atomic E-state index is -0.447. The van der Waals surface area contributed by atoms with E-state index in [9.17, 15) is 9.50 Å². The number of hydrogen-bond acceptors (Lipinski definition) is 3. The van der Waals surface area contributed by atoms with Gasteiger partial charge >= 0.3 is 0 Å². The largest absolute Gasteiger partial charge is 0.497 e. The van der Waals surface area contributed by atoms with Crippen LogP contribution < -0.4 is 4.74 Å². The number of methoxy groups -OCH3 is 1. The Kier molecular flexibility index (Phi) is 6.08. The zero-order valence-corrected chi connectivity index (χ0v) is 12.8. The normalized spacial score (nSPS) is 12.1. The molecule has 2 rings (SSSR count). The molecule has 4 heteroatoms. The summed E-state index contributed by atoms with van der Waals surface area (Å²) < 4.78 is 18.6. The Morgan fingerprint density at radius 3 is 2.52 bits per heavy atom. The highest BCUT2D eigenvalue weighted by Gasteiger charge is 2.08. The number of thioether (sulfide) groups is 1. The van der Waals surface area contributed by atoms with Gasteiger partial charge in [-0.15, -0.1) is 11.8 Å². The molecule has 0 aromatic heterocycles. The molecule has 0 heterocycles. The molecule has 2 aromatic carbocycles. The van der Waals surface area contributed by atoms with Gasteiger partial charge in [-0.2, -0.15) is 0 Å². The molecule has 21 heavy (non-hydrogen) atoms. The van der Waals surface area contributed by atoms with Crippen LogP contribution in [0.25, 0.3) is 0 Å². The van der Waals surface area contributed by atoms with E-state index in [0.29, 0.717) is 17.1 Å². The Bertz CT molecular complexity index is 557. The van der Waals surface area contributed by atoms with Gasteiger partial charge in [-0.1, -0.05) is 24.3 Å². The number of ether oxygens (including phenoxy) is 1. The van der Waals surface area contributed by atoms with Gasteiger partial charge in [-0.3, -0.25) is 0 Å². The zero-order valence-electron chi connectivity index (χ0n) is 12.0. The lowest BCUT2D eigenvalue weighted by atomic mass is 10.1. The van der Waals surface area contributed by atoms with Gasteiger partial charge in [0.1, 0.15) is 11.6 Å². The second-order valence-corrected chi connectivity index (χ2v) is 5.84. The fraction of sp³-hybridized carbons (Fsp3) is 0.294. The molecule has 112 valence electrons. The number of aliphatic hydroxyl groups excluding tert-OH is 1. The average molecular weight is 306 g/mol. The molecule has 0 amide bonds. The summed E-state index contributed by atoms with van der Waals surface area (Å²) >= 11 is 1.35. The van der Waals surface area contributed by atoms with Crippen LogP contribution in [0.4, 0.5) is 4.39 Å². The average Bonchev–Trinajstić information content (AvgIpc) is 2.52. The predicted octanol–water partition coefficient (Wildman–Crippen LogP) is 3.92. The third-order valence-electron chi connectivity index (χ3n) is 3.19. The van der Waals surface area contributed by atoms with Gasteiger partial charge in [0.15, 0.2) is 0 Å². The molecule has 2 aromatic rings. The van der Waals surface area contributed by atoms with Crippen molar-refractivity contribution in [1.29, 1.82) is 0 Å². The van der Waals surface area contributed by atoms with Crippen LogP contribution in [0.3, 0.4) is 0 Å². The maximum absolute atomic E-state index is 13.4. The van der Waals surface area contributed by atoms with Crippen molar-refractivity contribution in [3.63, 3.8) is 0 Å². The molecule has 1 unspecified atom stereocenters. The van der Waals surface area contributed by atoms with Crippen LogP contribution in [0.15, 0.2) is 53.4 Å². The van der Waals surface area contributed by atoms with E-state index < -0.39 is 6.10 Å². The molecular weight excluding hydrogens is 287 g/mol. The van der Waals surface area contributed by atoms with Gasteiger partial charge in [-0.25, -0.2) is 4.39 Å². The van der Waals surface area contributed by atoms with Gasteiger partial charge in [0.05, 0.1) is 13.2 Å². The van der Waals surface area contributed by atoms with Gasteiger partial charge in [0.2, 0.25) is 0 Å². The second kappa shape index (κ2) is 8.05. The summed E-state index contributed by atoms with van der Waals surface area (Å²) in [6.07, 6.45) is 1.01. The maximum Gasteiger partial charge on any atom is 0.136 e. The minimum absolute atomic E-state index is 0.232. The van der Waals surface area contributed by atoms with E-state index in [-0.39, 0.29) is 5.82 Å². The highest BCUT2D eigenvalue weighted by Crippen LogP contribution is 2.23. The number of halogens is 1. The third-order valence-corrected chi connectivity index (χ3v) is 4.39. The highest BCUT2D eigenvalue weighted by atomic mass is 32.2. The van der Waals surface area contributed by atoms with Crippen LogP contribution in [0, 0.1) is 5.82 Å². The standard InChI is InChI=1S/C17H19FO2S/c1-20-15-10-7-13(8-11-15)6-9-14(19)12-21-17-5-3-2-4-16(17)18/h2-5,7-8,10-11,14,19H,6,9,12H2,1H3. The first-order valence-electron chi connectivity index (χ1n) is 6.87. The summed E-state index contributed by atoms with van der Waals surface area (Å²) in [5, 5.41) is 10.00. The first-order chi connectivity index (χ1) is 10.2. The molecule has 0 spiro atoms. The summed E-state index contributed by atoms with van der Waals surface area (Å²) in [6, 6.07) is 14.5. The van der Waals surface area contributed by atoms with E-state index in [1.165, 1.54) is 17.8 Å². The van der Waals surface area contributed by atoms with Crippen LogP contribution in [-0.2, 0) is 6.42 Å². The predicted molar refractivity (Wildman–Crippen MR) is 84.4 cm³/mol. The van der Waals surface area contributed by atoms with Crippen LogP contribution in [-0.4, -0.2) is 24.1 Å². The van der Waals surface area contributed by atoms with Crippen molar-refractivity contribution in [3.8, 4) is 5.75 Å². The smallest absolute Gasteiger partial charge is 0.136 e. The summed E-state index contributed by atoms with van der Waals surface area (Å²) in [6.45, 7) is 0. The Labute approximate surface area is 129 Å². The molecule has 0 aliphatic heterocycles. The molecule has 0 bridgehead atoms. The van der Waals surface area contributed by atoms with E-state index in [1.54, 1.807) is 25.3 Å². The third kappa shape index (κ3) is 5.06. The molecule has 1 N–H and O–H groups in total. The van der Waals surface area contributed by atoms with Crippen LogP contribution >= 0.6 is 11.8 Å². The van der Waals surface area contributed by atoms with E-state index in [1.807, 2.05) is 24.3 Å². The lowest BCUT2D eigenvalue weighted by Crippen LogP contribution is -2.11. The van der Waals surface area contributed by atoms with Crippen molar-refractivity contribution in [3.05, 3.63) is 59.9 Å². The maximum atomic E-state index is 13.4. The monoisotopic (exact) mass is 306 g/mol. The summed E-state index contributed by atoms with van der Waals surface area (Å²) in [4.78, 5) is 0.584. The van der Waals surface area contributed by atoms with Crippen molar-refractivity contribution < 1.29 is 14.2 Å². The number of hydrogen-bond donors (Lipinski definition) is 1. The van der Waals surface area contributed by atoms with Crippen molar-refractivity contribution in [2.24, 2.45) is 0 Å². The molecule has 0 aliphatic rings. The lowest BCUT2D eigenvalue weighted by Gasteiger charge is -2.11. The summed E-state index contributed by atoms with van der Waals surface area (Å²) in [5.74, 6) is 1.09. The van der Waals surface area contributed by atoms with Gasteiger partial charge < -0.3 is 9.84 Å². The number of aryl methyl sites for hydroxylation is 1. The zero-order chi connectivity index (χ0) is 15.1. The topological polar surface area (TPSA) is 29.5 Å². The first kappa shape index (κ1) is 15.9. The molecule has 0 radical (unpaired) electrons.